The third-order valence-corrected chi connectivity index (χ3v) is 4.90. The maximum Gasteiger partial charge on any atom is 0.285 e. The van der Waals surface area contributed by atoms with Gasteiger partial charge in [-0.1, -0.05) is 30.3 Å². The van der Waals surface area contributed by atoms with Crippen LogP contribution in [0.2, 0.25) is 0 Å². The number of aryl methyl sites for hydroxylation is 1. The summed E-state index contributed by atoms with van der Waals surface area (Å²) in [4.78, 5) is 31.0. The number of hydrogen-bond donors (Lipinski definition) is 0. The molecule has 1 fully saturated rings. The summed E-state index contributed by atoms with van der Waals surface area (Å²) >= 11 is 1.35. The minimum atomic E-state index is -0.255. The lowest BCUT2D eigenvalue weighted by Crippen LogP contribution is -2.38. The number of carbonyl (C=O) groups is 2. The molecule has 0 spiro atoms. The fourth-order valence-corrected chi connectivity index (χ4v) is 3.44. The molecule has 0 atom stereocenters. The number of nitrogens with zero attached hydrogens (tertiary/aromatic N) is 2. The van der Waals surface area contributed by atoms with Crippen LogP contribution < -0.4 is 0 Å². The number of ether oxygens (including phenoxy) is 1. The van der Waals surface area contributed by atoms with Gasteiger partial charge in [-0.15, -0.1) is 0 Å². The molecule has 2 heterocycles. The van der Waals surface area contributed by atoms with E-state index >= 15 is 0 Å². The molecule has 0 unspecified atom stereocenters. The lowest BCUT2D eigenvalue weighted by atomic mass is 10.0. The van der Waals surface area contributed by atoms with Crippen LogP contribution in [-0.4, -0.2) is 48.1 Å². The molecule has 1 aromatic rings. The monoisotopic (exact) mass is 330 g/mol. The van der Waals surface area contributed by atoms with E-state index in [9.17, 15) is 9.59 Å². The first-order valence-corrected chi connectivity index (χ1v) is 8.39. The van der Waals surface area contributed by atoms with Crippen LogP contribution >= 0.6 is 11.8 Å². The minimum Gasteiger partial charge on any atom is -0.378 e. The largest absolute Gasteiger partial charge is 0.378 e. The molecule has 2 aliphatic rings. The van der Waals surface area contributed by atoms with Gasteiger partial charge in [0.05, 0.1) is 18.1 Å². The van der Waals surface area contributed by atoms with Crippen molar-refractivity contribution in [1.82, 2.24) is 4.90 Å². The second-order valence-electron chi connectivity index (χ2n) is 5.41. The Hall–Kier alpha value is -1.92. The van der Waals surface area contributed by atoms with Crippen molar-refractivity contribution >= 4 is 28.6 Å². The highest BCUT2D eigenvalue weighted by atomic mass is 32.2. The normalized spacial score (nSPS) is 20.0. The van der Waals surface area contributed by atoms with Gasteiger partial charge in [0.15, 0.2) is 11.0 Å². The Labute approximate surface area is 139 Å². The summed E-state index contributed by atoms with van der Waals surface area (Å²) in [5, 5.41) is 0.716. The first-order chi connectivity index (χ1) is 11.1. The highest BCUT2D eigenvalue weighted by Gasteiger charge is 2.27. The Morgan fingerprint density at radius 2 is 2.09 bits per heavy atom. The van der Waals surface area contributed by atoms with Crippen molar-refractivity contribution in [2.45, 2.75) is 13.3 Å². The van der Waals surface area contributed by atoms with Crippen molar-refractivity contribution in [3.63, 3.8) is 0 Å². The van der Waals surface area contributed by atoms with Crippen molar-refractivity contribution in [2.24, 2.45) is 4.99 Å². The molecule has 23 heavy (non-hydrogen) atoms. The first kappa shape index (κ1) is 16.0. The molecular weight excluding hydrogens is 312 g/mol. The number of allylic oxidation sites excluding steroid dienone is 1. The second kappa shape index (κ2) is 7.10. The maximum absolute atomic E-state index is 12.3. The molecule has 1 aromatic carbocycles. The van der Waals surface area contributed by atoms with Gasteiger partial charge in [-0.3, -0.25) is 9.59 Å². The van der Waals surface area contributed by atoms with Gasteiger partial charge in [-0.05, 0) is 24.2 Å². The Balaban J connectivity index is 1.64. The third kappa shape index (κ3) is 3.71. The molecule has 1 saturated heterocycles. The highest BCUT2D eigenvalue weighted by molar-refractivity contribution is 8.18. The standard InChI is InChI=1S/C17H18N2O3S/c1-12-4-2-3-5-13(12)14(20)6-7-15-16(21)18-17(23-15)19-8-10-22-11-9-19/h2-5,7H,6,8-11H2,1H3. The van der Waals surface area contributed by atoms with Gasteiger partial charge in [-0.2, -0.15) is 4.99 Å². The smallest absolute Gasteiger partial charge is 0.285 e. The van der Waals surface area contributed by atoms with E-state index in [1.54, 1.807) is 6.08 Å². The fraction of sp³-hybridized carbons (Fsp3) is 0.353. The lowest BCUT2D eigenvalue weighted by molar-refractivity contribution is -0.113. The molecule has 0 N–H and O–H groups in total. The highest BCUT2D eigenvalue weighted by Crippen LogP contribution is 2.29. The number of benzene rings is 1. The molecule has 1 amide bonds. The number of ketones is 1. The molecule has 0 saturated carbocycles. The molecular formula is C17H18N2O3S. The Kier molecular flexibility index (Phi) is 4.93. The van der Waals surface area contributed by atoms with Gasteiger partial charge < -0.3 is 9.64 Å². The van der Waals surface area contributed by atoms with Gasteiger partial charge in [-0.25, -0.2) is 0 Å². The lowest BCUT2D eigenvalue weighted by Gasteiger charge is -2.27. The minimum absolute atomic E-state index is 0.0174. The molecule has 0 radical (unpaired) electrons. The zero-order valence-electron chi connectivity index (χ0n) is 12.9. The van der Waals surface area contributed by atoms with Crippen molar-refractivity contribution in [2.75, 3.05) is 26.3 Å². The summed E-state index contributed by atoms with van der Waals surface area (Å²) in [5.74, 6) is -0.238. The zero-order chi connectivity index (χ0) is 16.2. The predicted octanol–water partition coefficient (Wildman–Crippen LogP) is 2.41. The first-order valence-electron chi connectivity index (χ1n) is 7.57. The molecule has 0 aromatic heterocycles. The predicted molar refractivity (Wildman–Crippen MR) is 90.6 cm³/mol. The van der Waals surface area contributed by atoms with Crippen LogP contribution in [0.25, 0.3) is 0 Å². The van der Waals surface area contributed by atoms with Gasteiger partial charge >= 0.3 is 0 Å². The molecule has 3 rings (SSSR count). The van der Waals surface area contributed by atoms with Crippen molar-refractivity contribution in [3.8, 4) is 0 Å². The summed E-state index contributed by atoms with van der Waals surface area (Å²) in [6.45, 7) is 4.70. The number of Topliss-reactive ketones (excluding diaryl/α,β-unsaturated/α-hetero) is 1. The molecule has 2 aliphatic heterocycles. The van der Waals surface area contributed by atoms with Crippen LogP contribution in [0.5, 0.6) is 0 Å². The second-order valence-corrected chi connectivity index (χ2v) is 6.42. The van der Waals surface area contributed by atoms with E-state index in [0.29, 0.717) is 28.9 Å². The number of thioether (sulfide) groups is 1. The number of morpholine rings is 1. The maximum atomic E-state index is 12.3. The van der Waals surface area contributed by atoms with Crippen molar-refractivity contribution in [3.05, 3.63) is 46.4 Å². The van der Waals surface area contributed by atoms with Crippen molar-refractivity contribution in [1.29, 1.82) is 0 Å². The molecule has 0 bridgehead atoms. The van der Waals surface area contributed by atoms with Crippen LogP contribution in [-0.2, 0) is 9.53 Å². The van der Waals surface area contributed by atoms with Crippen LogP contribution in [0, 0.1) is 6.92 Å². The van der Waals surface area contributed by atoms with Crippen LogP contribution in [0.15, 0.2) is 40.2 Å². The number of amides is 1. The van der Waals surface area contributed by atoms with E-state index in [4.69, 9.17) is 4.74 Å². The van der Waals surface area contributed by atoms with Crippen molar-refractivity contribution < 1.29 is 14.3 Å². The van der Waals surface area contributed by atoms with E-state index in [2.05, 4.69) is 9.89 Å². The van der Waals surface area contributed by atoms with Gasteiger partial charge in [0, 0.05) is 25.1 Å². The molecule has 0 aliphatic carbocycles. The summed E-state index contributed by atoms with van der Waals surface area (Å²) in [5.41, 5.74) is 1.65. The Morgan fingerprint density at radius 3 is 2.83 bits per heavy atom. The van der Waals surface area contributed by atoms with E-state index in [0.717, 1.165) is 18.7 Å². The summed E-state index contributed by atoms with van der Waals surface area (Å²) in [6.07, 6.45) is 1.91. The summed E-state index contributed by atoms with van der Waals surface area (Å²) < 4.78 is 5.30. The molecule has 120 valence electrons. The van der Waals surface area contributed by atoms with E-state index < -0.39 is 0 Å². The van der Waals surface area contributed by atoms with E-state index in [1.807, 2.05) is 31.2 Å². The van der Waals surface area contributed by atoms with E-state index in [-0.39, 0.29) is 18.1 Å². The zero-order valence-corrected chi connectivity index (χ0v) is 13.8. The van der Waals surface area contributed by atoms with Gasteiger partial charge in [0.2, 0.25) is 0 Å². The number of carbonyl (C=O) groups excluding carboxylic acids is 2. The average Bonchev–Trinajstić information content (AvgIpc) is 2.95. The quantitative estimate of drug-likeness (QED) is 0.629. The fourth-order valence-electron chi connectivity index (χ4n) is 2.51. The molecule has 6 heteroatoms. The third-order valence-electron chi connectivity index (χ3n) is 3.81. The Bertz CT molecular complexity index is 691. The van der Waals surface area contributed by atoms with Crippen LogP contribution in [0.3, 0.4) is 0 Å². The topological polar surface area (TPSA) is 59.0 Å². The molecule has 5 nitrogen and oxygen atoms in total. The van der Waals surface area contributed by atoms with Gasteiger partial charge in [0.25, 0.3) is 5.91 Å². The number of hydrogen-bond acceptors (Lipinski definition) is 5. The van der Waals surface area contributed by atoms with E-state index in [1.165, 1.54) is 11.8 Å². The number of rotatable bonds is 3. The Morgan fingerprint density at radius 1 is 1.35 bits per heavy atom. The van der Waals surface area contributed by atoms with Gasteiger partial charge in [0.1, 0.15) is 0 Å². The summed E-state index contributed by atoms with van der Waals surface area (Å²) in [6, 6.07) is 7.48. The number of aliphatic imine (C=N–C) groups is 1. The number of amidine groups is 1. The average molecular weight is 330 g/mol. The van der Waals surface area contributed by atoms with Crippen LogP contribution in [0.1, 0.15) is 22.3 Å². The SMILES string of the molecule is Cc1ccccc1C(=O)CC=C1SC(N2CCOCC2)=NC1=O. The van der Waals surface area contributed by atoms with Crippen LogP contribution in [0.4, 0.5) is 0 Å². The summed E-state index contributed by atoms with van der Waals surface area (Å²) in [7, 11) is 0.